The molecular weight excluding hydrogens is 711 g/mol. The molecule has 344 valence electrons. The van der Waals surface area contributed by atoms with Crippen LogP contribution in [0.15, 0.2) is 12.2 Å². The Morgan fingerprint density at radius 3 is 1.29 bits per heavy atom. The summed E-state index contributed by atoms with van der Waals surface area (Å²) in [5.74, 6) is 2.02. The van der Waals surface area contributed by atoms with Crippen LogP contribution >= 0.6 is 0 Å². The number of ether oxygens (including phenoxy) is 1. The standard InChI is InChI=1S/C54H105NO3/c1-11-16-24-37-49(38-25-17-12-2)41-29-28-36-48(6)53(7,8)43-30-20-22-32-45-55(51(56)35-15-5)46-33-23-21-31-44-54(9,10)52(57)58-47-34-42-50(39-26-18-13-3)40-27-19-14-4/h49-50H,6,11-47H2,1-5,7-10H3. The van der Waals surface area contributed by atoms with Gasteiger partial charge < -0.3 is 9.64 Å². The van der Waals surface area contributed by atoms with E-state index in [4.69, 9.17) is 4.74 Å². The summed E-state index contributed by atoms with van der Waals surface area (Å²) in [7, 11) is 0. The first-order valence-corrected chi connectivity index (χ1v) is 26.0. The van der Waals surface area contributed by atoms with Gasteiger partial charge in [-0.15, -0.1) is 0 Å². The van der Waals surface area contributed by atoms with Crippen LogP contribution in [0, 0.1) is 22.7 Å². The second-order valence-electron chi connectivity index (χ2n) is 20.1. The lowest BCUT2D eigenvalue weighted by Crippen LogP contribution is -2.32. The second-order valence-corrected chi connectivity index (χ2v) is 20.1. The molecule has 0 aromatic heterocycles. The molecule has 4 nitrogen and oxygen atoms in total. The van der Waals surface area contributed by atoms with Crippen molar-refractivity contribution in [3.05, 3.63) is 12.2 Å². The van der Waals surface area contributed by atoms with Crippen molar-refractivity contribution >= 4 is 11.9 Å². The molecule has 0 aliphatic heterocycles. The van der Waals surface area contributed by atoms with Crippen molar-refractivity contribution in [1.82, 2.24) is 4.90 Å². The Hall–Kier alpha value is -1.32. The van der Waals surface area contributed by atoms with Crippen molar-refractivity contribution < 1.29 is 14.3 Å². The molecular formula is C54H105NO3. The maximum atomic E-state index is 13.0. The fourth-order valence-electron chi connectivity index (χ4n) is 8.90. The molecule has 0 aromatic rings. The maximum absolute atomic E-state index is 13.0. The first-order valence-electron chi connectivity index (χ1n) is 26.0. The second kappa shape index (κ2) is 37.4. The largest absolute Gasteiger partial charge is 0.465 e. The first kappa shape index (κ1) is 56.7. The quantitative estimate of drug-likeness (QED) is 0.0350. The average molecular weight is 816 g/mol. The predicted molar refractivity (Wildman–Crippen MR) is 257 cm³/mol. The van der Waals surface area contributed by atoms with E-state index in [9.17, 15) is 9.59 Å². The number of unbranched alkanes of at least 4 members (excludes halogenated alkanes) is 15. The van der Waals surface area contributed by atoms with Crippen LogP contribution in [-0.2, 0) is 14.3 Å². The monoisotopic (exact) mass is 816 g/mol. The van der Waals surface area contributed by atoms with Crippen LogP contribution < -0.4 is 0 Å². The highest BCUT2D eigenvalue weighted by Crippen LogP contribution is 2.35. The fraction of sp³-hybridized carbons (Fsp3) is 0.926. The predicted octanol–water partition coefficient (Wildman–Crippen LogP) is 17.6. The van der Waals surface area contributed by atoms with Gasteiger partial charge in [0.15, 0.2) is 0 Å². The summed E-state index contributed by atoms with van der Waals surface area (Å²) < 4.78 is 5.82. The van der Waals surface area contributed by atoms with Crippen LogP contribution in [0.4, 0.5) is 0 Å². The summed E-state index contributed by atoms with van der Waals surface area (Å²) in [5, 5.41) is 0. The van der Waals surface area contributed by atoms with E-state index in [0.717, 1.165) is 76.3 Å². The zero-order chi connectivity index (χ0) is 43.3. The lowest BCUT2D eigenvalue weighted by atomic mass is 9.78. The minimum atomic E-state index is -0.433. The number of esters is 1. The van der Waals surface area contributed by atoms with Gasteiger partial charge >= 0.3 is 5.97 Å². The Balaban J connectivity index is 4.42. The number of carbonyl (C=O) groups excluding carboxylic acids is 2. The van der Waals surface area contributed by atoms with Crippen molar-refractivity contribution in [2.75, 3.05) is 19.7 Å². The van der Waals surface area contributed by atoms with Gasteiger partial charge in [0.05, 0.1) is 12.0 Å². The molecule has 0 aliphatic carbocycles. The van der Waals surface area contributed by atoms with Crippen molar-refractivity contribution in [3.63, 3.8) is 0 Å². The molecule has 0 atom stereocenters. The third-order valence-corrected chi connectivity index (χ3v) is 13.5. The van der Waals surface area contributed by atoms with Gasteiger partial charge in [0.1, 0.15) is 0 Å². The minimum Gasteiger partial charge on any atom is -0.465 e. The molecule has 1 amide bonds. The lowest BCUT2D eigenvalue weighted by Gasteiger charge is -2.28. The van der Waals surface area contributed by atoms with E-state index in [0.29, 0.717) is 18.9 Å². The number of hydrogen-bond acceptors (Lipinski definition) is 3. The molecule has 58 heavy (non-hydrogen) atoms. The third kappa shape index (κ3) is 30.7. The topological polar surface area (TPSA) is 46.6 Å². The van der Waals surface area contributed by atoms with Gasteiger partial charge in [-0.25, -0.2) is 0 Å². The number of hydrogen-bond donors (Lipinski definition) is 0. The SMILES string of the molecule is C=C(CCCCC(CCCCC)CCCCC)C(C)(C)CCCCCCN(CCCCCCC(C)(C)C(=O)OCCCC(CCCCC)CCCCC)C(=O)CCC. The molecule has 0 aromatic carbocycles. The molecule has 0 saturated carbocycles. The Labute approximate surface area is 365 Å². The molecule has 0 bridgehead atoms. The van der Waals surface area contributed by atoms with E-state index in [1.807, 2.05) is 0 Å². The Kier molecular flexibility index (Phi) is 36.6. The zero-order valence-electron chi connectivity index (χ0n) is 41.2. The van der Waals surface area contributed by atoms with Crippen molar-refractivity contribution in [2.45, 2.75) is 281 Å². The van der Waals surface area contributed by atoms with Gasteiger partial charge in [0.2, 0.25) is 5.91 Å². The molecule has 0 spiro atoms. The highest BCUT2D eigenvalue weighted by Gasteiger charge is 2.29. The van der Waals surface area contributed by atoms with Gasteiger partial charge in [0.25, 0.3) is 0 Å². The van der Waals surface area contributed by atoms with E-state index in [-0.39, 0.29) is 11.4 Å². The molecule has 0 fully saturated rings. The van der Waals surface area contributed by atoms with Crippen LogP contribution in [-0.4, -0.2) is 36.5 Å². The molecule has 0 heterocycles. The lowest BCUT2D eigenvalue weighted by molar-refractivity contribution is -0.154. The molecule has 4 heteroatoms. The van der Waals surface area contributed by atoms with Crippen LogP contribution in [0.3, 0.4) is 0 Å². The first-order chi connectivity index (χ1) is 27.9. The van der Waals surface area contributed by atoms with E-state index in [1.165, 1.54) is 166 Å². The van der Waals surface area contributed by atoms with E-state index in [2.05, 4.69) is 73.8 Å². The van der Waals surface area contributed by atoms with Gasteiger partial charge in [0, 0.05) is 19.5 Å². The van der Waals surface area contributed by atoms with Gasteiger partial charge in [-0.05, 0) is 88.9 Å². The molecule has 0 rings (SSSR count). The molecule has 0 aliphatic rings. The Morgan fingerprint density at radius 2 is 0.862 bits per heavy atom. The number of carbonyl (C=O) groups is 2. The highest BCUT2D eigenvalue weighted by molar-refractivity contribution is 5.76. The number of nitrogens with zero attached hydrogens (tertiary/aromatic N) is 1. The summed E-state index contributed by atoms with van der Waals surface area (Å²) in [6.07, 6.45) is 41.9. The summed E-state index contributed by atoms with van der Waals surface area (Å²) in [6.45, 7) is 27.1. The van der Waals surface area contributed by atoms with Gasteiger partial charge in [-0.3, -0.25) is 9.59 Å². The highest BCUT2D eigenvalue weighted by atomic mass is 16.5. The minimum absolute atomic E-state index is 0.0317. The van der Waals surface area contributed by atoms with Gasteiger partial charge in [-0.2, -0.15) is 0 Å². The molecule has 0 unspecified atom stereocenters. The van der Waals surface area contributed by atoms with Crippen LogP contribution in [0.5, 0.6) is 0 Å². The fourth-order valence-corrected chi connectivity index (χ4v) is 8.90. The Bertz CT molecular complexity index is 881. The van der Waals surface area contributed by atoms with Crippen LogP contribution in [0.1, 0.15) is 281 Å². The summed E-state index contributed by atoms with van der Waals surface area (Å²) in [6, 6.07) is 0. The third-order valence-electron chi connectivity index (χ3n) is 13.5. The summed E-state index contributed by atoms with van der Waals surface area (Å²) in [5.41, 5.74) is 1.23. The molecule has 0 saturated heterocycles. The van der Waals surface area contributed by atoms with Crippen LogP contribution in [0.25, 0.3) is 0 Å². The van der Waals surface area contributed by atoms with E-state index in [1.54, 1.807) is 0 Å². The molecule has 0 N–H and O–H groups in total. The van der Waals surface area contributed by atoms with Crippen molar-refractivity contribution in [3.8, 4) is 0 Å². The number of allylic oxidation sites excluding steroid dienone is 1. The number of rotatable bonds is 43. The summed E-state index contributed by atoms with van der Waals surface area (Å²) >= 11 is 0. The normalized spacial score (nSPS) is 12.2. The zero-order valence-corrected chi connectivity index (χ0v) is 41.2. The van der Waals surface area contributed by atoms with E-state index < -0.39 is 5.41 Å². The average Bonchev–Trinajstić information content (AvgIpc) is 3.19. The number of amides is 1. The van der Waals surface area contributed by atoms with Gasteiger partial charge in [-0.1, -0.05) is 215 Å². The maximum Gasteiger partial charge on any atom is 0.311 e. The van der Waals surface area contributed by atoms with Crippen LogP contribution in [0.2, 0.25) is 0 Å². The van der Waals surface area contributed by atoms with E-state index >= 15 is 0 Å². The summed E-state index contributed by atoms with van der Waals surface area (Å²) in [4.78, 5) is 28.1. The molecule has 0 radical (unpaired) electrons. The smallest absolute Gasteiger partial charge is 0.311 e. The Morgan fingerprint density at radius 1 is 0.466 bits per heavy atom. The van der Waals surface area contributed by atoms with Crippen molar-refractivity contribution in [1.29, 1.82) is 0 Å². The van der Waals surface area contributed by atoms with Crippen molar-refractivity contribution in [2.24, 2.45) is 22.7 Å².